The van der Waals surface area contributed by atoms with Gasteiger partial charge in [0.25, 0.3) is 5.56 Å². The molecule has 35 heavy (non-hydrogen) atoms. The Balaban J connectivity index is 1.71. The molecule has 0 aliphatic carbocycles. The van der Waals surface area contributed by atoms with Crippen LogP contribution in [-0.2, 0) is 18.5 Å². The van der Waals surface area contributed by atoms with E-state index in [2.05, 4.69) is 5.16 Å². The van der Waals surface area contributed by atoms with Gasteiger partial charge in [-0.2, -0.15) is 0 Å². The van der Waals surface area contributed by atoms with Crippen molar-refractivity contribution in [2.45, 2.75) is 6.61 Å². The third kappa shape index (κ3) is 5.30. The Bertz CT molecular complexity index is 1450. The van der Waals surface area contributed by atoms with Gasteiger partial charge in [0, 0.05) is 36.1 Å². The Morgan fingerprint density at radius 1 is 0.971 bits per heavy atom. The summed E-state index contributed by atoms with van der Waals surface area (Å²) in [5, 5.41) is 3.90. The Morgan fingerprint density at radius 2 is 1.71 bits per heavy atom. The monoisotopic (exact) mass is 476 g/mol. The zero-order valence-electron chi connectivity index (χ0n) is 18.7. The maximum atomic E-state index is 14.2. The maximum absolute atomic E-state index is 14.2. The fourth-order valence-corrected chi connectivity index (χ4v) is 3.41. The topological polar surface area (TPSA) is 105 Å². The molecule has 0 aliphatic heterocycles. The molecule has 4 N–H and O–H groups in total. The highest BCUT2D eigenvalue weighted by atomic mass is 19.1. The minimum atomic E-state index is -0.871. The van der Waals surface area contributed by atoms with Crippen LogP contribution in [0.15, 0.2) is 82.9 Å². The van der Waals surface area contributed by atoms with Crippen molar-refractivity contribution in [3.05, 3.63) is 106 Å². The van der Waals surface area contributed by atoms with Gasteiger partial charge < -0.3 is 25.6 Å². The van der Waals surface area contributed by atoms with E-state index in [1.165, 1.54) is 29.1 Å². The molecular formula is C26H22F2N4O3. The number of halogens is 2. The predicted molar refractivity (Wildman–Crippen MR) is 131 cm³/mol. The Hall–Kier alpha value is -4.66. The van der Waals surface area contributed by atoms with Crippen molar-refractivity contribution in [1.82, 2.24) is 4.57 Å². The lowest BCUT2D eigenvalue weighted by Gasteiger charge is -2.16. The first-order valence-corrected chi connectivity index (χ1v) is 10.5. The minimum absolute atomic E-state index is 0.0967. The van der Waals surface area contributed by atoms with Gasteiger partial charge >= 0.3 is 0 Å². The smallest absolute Gasteiger partial charge is 0.261 e. The van der Waals surface area contributed by atoms with Crippen molar-refractivity contribution >= 4 is 17.6 Å². The first-order chi connectivity index (χ1) is 16.8. The minimum Gasteiger partial charge on any atom is -0.454 e. The Morgan fingerprint density at radius 3 is 2.46 bits per heavy atom. The molecule has 0 radical (unpaired) electrons. The molecule has 0 amide bonds. The molecule has 1 heterocycles. The first kappa shape index (κ1) is 23.5. The van der Waals surface area contributed by atoms with Crippen molar-refractivity contribution in [3.8, 4) is 22.6 Å². The van der Waals surface area contributed by atoms with Crippen LogP contribution in [0.5, 0.6) is 11.5 Å². The molecule has 0 fully saturated rings. The zero-order valence-corrected chi connectivity index (χ0v) is 18.7. The molecule has 7 nitrogen and oxygen atoms in total. The van der Waals surface area contributed by atoms with Crippen LogP contribution >= 0.6 is 0 Å². The summed E-state index contributed by atoms with van der Waals surface area (Å²) < 4.78 is 34.6. The molecule has 9 heteroatoms. The lowest BCUT2D eigenvalue weighted by atomic mass is 10.0. The van der Waals surface area contributed by atoms with Gasteiger partial charge in [0.05, 0.1) is 17.5 Å². The molecule has 0 atom stereocenters. The molecule has 0 bridgehead atoms. The number of aromatic nitrogens is 1. The van der Waals surface area contributed by atoms with Gasteiger partial charge in [-0.1, -0.05) is 35.5 Å². The lowest BCUT2D eigenvalue weighted by Crippen LogP contribution is -2.23. The second kappa shape index (κ2) is 10.1. The van der Waals surface area contributed by atoms with Gasteiger partial charge in [0.2, 0.25) is 0 Å². The SMILES string of the molecule is Cn1cc(-c2cc(N)ccc2Oc2ccc(F)cc2F)c(N)c(C=NOCc2ccccc2)c1=O. The van der Waals surface area contributed by atoms with Gasteiger partial charge in [-0.15, -0.1) is 0 Å². The fraction of sp³-hybridized carbons (Fsp3) is 0.0769. The van der Waals surface area contributed by atoms with Crippen molar-refractivity contribution < 1.29 is 18.4 Å². The molecule has 1 aromatic heterocycles. The number of oxime groups is 1. The van der Waals surface area contributed by atoms with Crippen LogP contribution in [-0.4, -0.2) is 10.8 Å². The molecule has 3 aromatic carbocycles. The fourth-order valence-electron chi connectivity index (χ4n) is 3.41. The van der Waals surface area contributed by atoms with Crippen LogP contribution in [0.2, 0.25) is 0 Å². The molecule has 4 aromatic rings. The summed E-state index contributed by atoms with van der Waals surface area (Å²) in [5.74, 6) is -1.58. The van der Waals surface area contributed by atoms with E-state index in [9.17, 15) is 13.6 Å². The van der Waals surface area contributed by atoms with Gasteiger partial charge in [-0.05, 0) is 35.9 Å². The first-order valence-electron chi connectivity index (χ1n) is 10.5. The summed E-state index contributed by atoms with van der Waals surface area (Å²) in [4.78, 5) is 18.1. The summed E-state index contributed by atoms with van der Waals surface area (Å²) in [7, 11) is 1.56. The third-order valence-electron chi connectivity index (χ3n) is 5.19. The number of hydrogen-bond acceptors (Lipinski definition) is 6. The van der Waals surface area contributed by atoms with E-state index < -0.39 is 17.2 Å². The molecular weight excluding hydrogens is 454 g/mol. The number of hydrogen-bond donors (Lipinski definition) is 2. The highest BCUT2D eigenvalue weighted by Gasteiger charge is 2.18. The molecule has 0 saturated heterocycles. The van der Waals surface area contributed by atoms with Crippen LogP contribution in [0.25, 0.3) is 11.1 Å². The molecule has 0 unspecified atom stereocenters. The Kier molecular flexibility index (Phi) is 6.77. The number of aryl methyl sites for hydroxylation is 1. The highest BCUT2D eigenvalue weighted by Crippen LogP contribution is 2.38. The van der Waals surface area contributed by atoms with Crippen molar-refractivity contribution in [1.29, 1.82) is 0 Å². The van der Waals surface area contributed by atoms with Crippen LogP contribution in [0, 0.1) is 11.6 Å². The van der Waals surface area contributed by atoms with Gasteiger partial charge in [-0.25, -0.2) is 8.78 Å². The largest absolute Gasteiger partial charge is 0.454 e. The van der Waals surface area contributed by atoms with Gasteiger partial charge in [0.15, 0.2) is 11.6 Å². The van der Waals surface area contributed by atoms with Gasteiger partial charge in [0.1, 0.15) is 18.2 Å². The molecule has 0 aliphatic rings. The normalized spacial score (nSPS) is 11.1. The molecule has 0 spiro atoms. The van der Waals surface area contributed by atoms with E-state index in [1.807, 2.05) is 30.3 Å². The number of nitrogens with two attached hydrogens (primary N) is 2. The van der Waals surface area contributed by atoms with E-state index in [0.717, 1.165) is 17.7 Å². The zero-order chi connectivity index (χ0) is 24.9. The molecule has 178 valence electrons. The van der Waals surface area contributed by atoms with Crippen LogP contribution in [0.4, 0.5) is 20.2 Å². The van der Waals surface area contributed by atoms with E-state index in [1.54, 1.807) is 19.2 Å². The van der Waals surface area contributed by atoms with Crippen molar-refractivity contribution in [2.24, 2.45) is 12.2 Å². The number of nitrogens with zero attached hydrogens (tertiary/aromatic N) is 2. The average molecular weight is 476 g/mol. The van der Waals surface area contributed by atoms with E-state index in [-0.39, 0.29) is 29.4 Å². The Labute approximate surface area is 199 Å². The number of pyridine rings is 1. The number of benzene rings is 3. The molecule has 0 saturated carbocycles. The lowest BCUT2D eigenvalue weighted by molar-refractivity contribution is 0.132. The van der Waals surface area contributed by atoms with Gasteiger partial charge in [-0.3, -0.25) is 4.79 Å². The van der Waals surface area contributed by atoms with Crippen LogP contribution in [0.3, 0.4) is 0 Å². The average Bonchev–Trinajstić information content (AvgIpc) is 2.84. The third-order valence-corrected chi connectivity index (χ3v) is 5.19. The number of ether oxygens (including phenoxy) is 1. The highest BCUT2D eigenvalue weighted by molar-refractivity contribution is 5.94. The number of nitrogen functional groups attached to an aromatic ring is 2. The van der Waals surface area contributed by atoms with Crippen LogP contribution < -0.4 is 21.8 Å². The number of anilines is 2. The quantitative estimate of drug-likeness (QED) is 0.226. The van der Waals surface area contributed by atoms with Crippen molar-refractivity contribution in [2.75, 3.05) is 11.5 Å². The predicted octanol–water partition coefficient (Wildman–Crippen LogP) is 4.84. The second-order valence-corrected chi connectivity index (χ2v) is 7.71. The maximum Gasteiger partial charge on any atom is 0.261 e. The molecule has 4 rings (SSSR count). The van der Waals surface area contributed by atoms with E-state index >= 15 is 0 Å². The summed E-state index contributed by atoms with van der Waals surface area (Å²) in [6.45, 7) is 0.216. The second-order valence-electron chi connectivity index (χ2n) is 7.71. The number of rotatable bonds is 7. The van der Waals surface area contributed by atoms with E-state index in [4.69, 9.17) is 21.0 Å². The van der Waals surface area contributed by atoms with E-state index in [0.29, 0.717) is 16.8 Å². The standard InChI is InChI=1S/C26H22F2N4O3/c1-32-14-21(25(30)20(26(32)33)13-31-34-15-16-5-3-2-4-6-16)19-12-18(29)8-10-23(19)35-24-9-7-17(27)11-22(24)28/h2-14H,15,29-30H2,1H3. The summed E-state index contributed by atoms with van der Waals surface area (Å²) in [5.41, 5.74) is 14.3. The summed E-state index contributed by atoms with van der Waals surface area (Å²) in [6.07, 6.45) is 2.76. The summed E-state index contributed by atoms with van der Waals surface area (Å²) >= 11 is 0. The van der Waals surface area contributed by atoms with Crippen molar-refractivity contribution in [3.63, 3.8) is 0 Å². The summed E-state index contributed by atoms with van der Waals surface area (Å²) in [6, 6.07) is 17.1. The van der Waals surface area contributed by atoms with Crippen LogP contribution in [0.1, 0.15) is 11.1 Å².